The van der Waals surface area contributed by atoms with Crippen molar-refractivity contribution >= 4 is 33.3 Å². The molecule has 0 amide bonds. The van der Waals surface area contributed by atoms with E-state index in [0.29, 0.717) is 17.5 Å². The maximum atomic E-state index is 5.38. The van der Waals surface area contributed by atoms with E-state index in [0.717, 1.165) is 38.2 Å². The lowest BCUT2D eigenvalue weighted by atomic mass is 9.67. The zero-order valence-corrected chi connectivity index (χ0v) is 28.8. The van der Waals surface area contributed by atoms with Gasteiger partial charge in [-0.1, -0.05) is 176 Å². The van der Waals surface area contributed by atoms with Crippen LogP contribution in [0.25, 0.3) is 66.8 Å². The average molecular weight is 680 g/mol. The predicted molar refractivity (Wildman–Crippen MR) is 213 cm³/mol. The molecule has 0 radical (unpaired) electrons. The van der Waals surface area contributed by atoms with Gasteiger partial charge in [0.05, 0.1) is 5.41 Å². The van der Waals surface area contributed by atoms with Crippen molar-refractivity contribution in [3.05, 3.63) is 198 Å². The number of hydrogen-bond acceptors (Lipinski definition) is 4. The standard InChI is InChI=1S/C48H29N3S/c1-3-18-32-30(14-1)16-11-21-34(32)45-49-46(35-22-12-17-31-15-2-4-19-33(31)35)51-47(50-45)37-23-13-27-41-44(37)36-20-5-6-24-38(36)48(41)39-25-7-9-28-42(39)52-43-29-10-8-26-40(43)48/h1-29H. The quantitative estimate of drug-likeness (QED) is 0.186. The van der Waals surface area contributed by atoms with Crippen LogP contribution in [0.3, 0.4) is 0 Å². The van der Waals surface area contributed by atoms with E-state index in [-0.39, 0.29) is 0 Å². The van der Waals surface area contributed by atoms with Gasteiger partial charge in [-0.3, -0.25) is 0 Å². The molecule has 9 aromatic rings. The third-order valence-corrected chi connectivity index (χ3v) is 12.0. The van der Waals surface area contributed by atoms with Gasteiger partial charge >= 0.3 is 0 Å². The molecule has 0 saturated carbocycles. The smallest absolute Gasteiger partial charge is 0.164 e. The molecule has 4 heteroatoms. The highest BCUT2D eigenvalue weighted by atomic mass is 32.2. The number of fused-ring (bicyclic) bond motifs is 11. The molecule has 0 fully saturated rings. The van der Waals surface area contributed by atoms with Gasteiger partial charge in [-0.25, -0.2) is 15.0 Å². The highest BCUT2D eigenvalue weighted by molar-refractivity contribution is 7.99. The molecule has 1 spiro atoms. The molecule has 0 N–H and O–H groups in total. The van der Waals surface area contributed by atoms with Gasteiger partial charge in [0, 0.05) is 26.5 Å². The predicted octanol–water partition coefficient (Wildman–Crippen LogP) is 12.0. The van der Waals surface area contributed by atoms with Gasteiger partial charge in [-0.05, 0) is 67.1 Å². The SMILES string of the molecule is c1ccc2c(c1)Sc1ccccc1C21c2ccccc2-c2c(-c3nc(-c4cccc5ccccc45)nc(-c4cccc5ccccc45)n3)cccc21. The molecule has 0 unspecified atom stereocenters. The molecule has 8 aromatic carbocycles. The van der Waals surface area contributed by atoms with Crippen molar-refractivity contribution in [3.8, 4) is 45.3 Å². The van der Waals surface area contributed by atoms with Gasteiger partial charge < -0.3 is 0 Å². The molecule has 3 nitrogen and oxygen atoms in total. The maximum Gasteiger partial charge on any atom is 0.164 e. The molecule has 1 aliphatic carbocycles. The first-order chi connectivity index (χ1) is 25.8. The summed E-state index contributed by atoms with van der Waals surface area (Å²) in [5, 5.41) is 4.53. The van der Waals surface area contributed by atoms with Gasteiger partial charge in [0.25, 0.3) is 0 Å². The Labute approximate surface area is 305 Å². The highest BCUT2D eigenvalue weighted by Crippen LogP contribution is 2.63. The Hall–Kier alpha value is -6.36. The summed E-state index contributed by atoms with van der Waals surface area (Å²) in [7, 11) is 0. The van der Waals surface area contributed by atoms with Crippen LogP contribution in [0, 0.1) is 0 Å². The van der Waals surface area contributed by atoms with Crippen LogP contribution in [0.1, 0.15) is 22.3 Å². The van der Waals surface area contributed by atoms with Crippen LogP contribution in [0.4, 0.5) is 0 Å². The van der Waals surface area contributed by atoms with Crippen molar-refractivity contribution in [2.45, 2.75) is 15.2 Å². The third-order valence-electron chi connectivity index (χ3n) is 10.8. The molecular weight excluding hydrogens is 651 g/mol. The average Bonchev–Trinajstić information content (AvgIpc) is 3.51. The lowest BCUT2D eigenvalue weighted by Crippen LogP contribution is -2.31. The van der Waals surface area contributed by atoms with Crippen molar-refractivity contribution in [2.24, 2.45) is 0 Å². The second-order valence-corrected chi connectivity index (χ2v) is 14.6. The van der Waals surface area contributed by atoms with Crippen molar-refractivity contribution in [2.75, 3.05) is 0 Å². The second-order valence-electron chi connectivity index (χ2n) is 13.5. The minimum Gasteiger partial charge on any atom is -0.208 e. The van der Waals surface area contributed by atoms with Gasteiger partial charge in [0.2, 0.25) is 0 Å². The summed E-state index contributed by atoms with van der Waals surface area (Å²) in [5.41, 5.74) is 10.0. The van der Waals surface area contributed by atoms with Crippen molar-refractivity contribution < 1.29 is 0 Å². The van der Waals surface area contributed by atoms with E-state index in [9.17, 15) is 0 Å². The molecule has 52 heavy (non-hydrogen) atoms. The third kappa shape index (κ3) is 4.13. The van der Waals surface area contributed by atoms with Crippen molar-refractivity contribution in [1.82, 2.24) is 15.0 Å². The van der Waals surface area contributed by atoms with Crippen LogP contribution in [-0.2, 0) is 5.41 Å². The maximum absolute atomic E-state index is 5.38. The van der Waals surface area contributed by atoms with Crippen LogP contribution in [-0.4, -0.2) is 15.0 Å². The molecule has 2 heterocycles. The first-order valence-corrected chi connectivity index (χ1v) is 18.4. The highest BCUT2D eigenvalue weighted by Gasteiger charge is 2.50. The first-order valence-electron chi connectivity index (χ1n) is 17.6. The molecule has 242 valence electrons. The molecule has 1 aliphatic heterocycles. The van der Waals surface area contributed by atoms with Gasteiger partial charge in [-0.2, -0.15) is 0 Å². The van der Waals surface area contributed by atoms with E-state index >= 15 is 0 Å². The van der Waals surface area contributed by atoms with Gasteiger partial charge in [-0.15, -0.1) is 0 Å². The van der Waals surface area contributed by atoms with Gasteiger partial charge in [0.1, 0.15) is 0 Å². The Morgan fingerprint density at radius 2 is 0.731 bits per heavy atom. The fourth-order valence-electron chi connectivity index (χ4n) is 8.67. The Morgan fingerprint density at radius 3 is 1.35 bits per heavy atom. The van der Waals surface area contributed by atoms with E-state index in [1.165, 1.54) is 43.2 Å². The summed E-state index contributed by atoms with van der Waals surface area (Å²) >= 11 is 1.86. The molecule has 0 atom stereocenters. The number of hydrogen-bond donors (Lipinski definition) is 0. The zero-order valence-electron chi connectivity index (χ0n) is 28.0. The summed E-state index contributed by atoms with van der Waals surface area (Å²) < 4.78 is 0. The van der Waals surface area contributed by atoms with E-state index in [2.05, 4.69) is 176 Å². The van der Waals surface area contributed by atoms with Crippen molar-refractivity contribution in [3.63, 3.8) is 0 Å². The first kappa shape index (κ1) is 29.4. The fraction of sp³-hybridized carbons (Fsp3) is 0.0208. The van der Waals surface area contributed by atoms with Crippen LogP contribution >= 0.6 is 11.8 Å². The molecule has 2 aliphatic rings. The van der Waals surface area contributed by atoms with Crippen LogP contribution in [0.5, 0.6) is 0 Å². The molecular formula is C48H29N3S. The van der Waals surface area contributed by atoms with Crippen LogP contribution < -0.4 is 0 Å². The number of nitrogens with zero attached hydrogens (tertiary/aromatic N) is 3. The van der Waals surface area contributed by atoms with E-state index < -0.39 is 5.41 Å². The normalized spacial score (nSPS) is 13.5. The van der Waals surface area contributed by atoms with E-state index in [1.807, 2.05) is 11.8 Å². The Balaban J connectivity index is 1.24. The Bertz CT molecular complexity index is 2760. The Kier molecular flexibility index (Phi) is 6.40. The van der Waals surface area contributed by atoms with Crippen LogP contribution in [0.2, 0.25) is 0 Å². The van der Waals surface area contributed by atoms with E-state index in [1.54, 1.807) is 0 Å². The molecule has 1 aromatic heterocycles. The summed E-state index contributed by atoms with van der Waals surface area (Å²) in [4.78, 5) is 18.6. The minimum atomic E-state index is -0.482. The van der Waals surface area contributed by atoms with Crippen molar-refractivity contribution in [1.29, 1.82) is 0 Å². The largest absolute Gasteiger partial charge is 0.208 e. The molecule has 0 saturated heterocycles. The summed E-state index contributed by atoms with van der Waals surface area (Å²) in [5.74, 6) is 1.98. The topological polar surface area (TPSA) is 38.7 Å². The zero-order chi connectivity index (χ0) is 34.2. The fourth-order valence-corrected chi connectivity index (χ4v) is 9.86. The second kappa shape index (κ2) is 11.3. The summed E-state index contributed by atoms with van der Waals surface area (Å²) in [6.45, 7) is 0. The molecule has 11 rings (SSSR count). The van der Waals surface area contributed by atoms with Gasteiger partial charge in [0.15, 0.2) is 17.5 Å². The van der Waals surface area contributed by atoms with Crippen LogP contribution in [0.15, 0.2) is 186 Å². The van der Waals surface area contributed by atoms with E-state index in [4.69, 9.17) is 15.0 Å². The number of rotatable bonds is 3. The lowest BCUT2D eigenvalue weighted by Gasteiger charge is -2.39. The summed E-state index contributed by atoms with van der Waals surface area (Å²) in [6.07, 6.45) is 0. The Morgan fingerprint density at radius 1 is 0.327 bits per heavy atom. The summed E-state index contributed by atoms with van der Waals surface area (Å²) in [6, 6.07) is 63.1. The monoisotopic (exact) mass is 679 g/mol. The number of aromatic nitrogens is 3. The minimum absolute atomic E-state index is 0.482. The lowest BCUT2D eigenvalue weighted by molar-refractivity contribution is 0.722. The molecule has 0 bridgehead atoms. The number of benzene rings is 8.